The molecule has 6 heteroatoms. The van der Waals surface area contributed by atoms with Crippen LogP contribution in [-0.4, -0.2) is 16.6 Å². The van der Waals surface area contributed by atoms with E-state index in [-0.39, 0.29) is 17.0 Å². The lowest BCUT2D eigenvalue weighted by atomic mass is 10.0. The molecule has 26 heavy (non-hydrogen) atoms. The van der Waals surface area contributed by atoms with E-state index in [0.29, 0.717) is 11.6 Å². The Bertz CT molecular complexity index is 698. The highest BCUT2D eigenvalue weighted by Gasteiger charge is 2.51. The molecule has 0 radical (unpaired) electrons. The molecule has 0 unspecified atom stereocenters. The Hall–Kier alpha value is -1.17. The molecule has 1 aromatic carbocycles. The van der Waals surface area contributed by atoms with Crippen LogP contribution in [-0.2, 0) is 12.3 Å². The summed E-state index contributed by atoms with van der Waals surface area (Å²) in [6, 6.07) is 9.38. The van der Waals surface area contributed by atoms with Crippen LogP contribution in [0.4, 0.5) is 5.95 Å². The molecule has 1 aliphatic heterocycles. The molecule has 1 aliphatic rings. The van der Waals surface area contributed by atoms with Gasteiger partial charge in [0, 0.05) is 16.7 Å². The number of unbranched alkanes of at least 4 members (excludes halogenated alkanes) is 5. The normalized spacial score (nSPS) is 18.5. The standard InChI is InChI=1S/C20H27ClN3O.BrH/c1-2-3-4-5-6-7-15-24-19-22-13-8-14-23(19)16-20(24,25)17-9-11-18(21)12-10-17;/h8-14,25H,2-7,15-16H2,1H3;1H/q+1;/p-1/t20-;/m1./s1. The minimum Gasteiger partial charge on any atom is -1.00 e. The van der Waals surface area contributed by atoms with E-state index in [1.54, 1.807) is 6.20 Å². The van der Waals surface area contributed by atoms with Crippen LogP contribution in [0.25, 0.3) is 0 Å². The SMILES string of the molecule is CCCCCCCCN1c2nccc[n+]2C[C@@]1(O)c1ccc(Cl)cc1.[Br-]. The van der Waals surface area contributed by atoms with Crippen LogP contribution >= 0.6 is 11.6 Å². The maximum absolute atomic E-state index is 11.5. The van der Waals surface area contributed by atoms with Crippen molar-refractivity contribution < 1.29 is 26.7 Å². The van der Waals surface area contributed by atoms with E-state index in [0.717, 1.165) is 24.5 Å². The van der Waals surface area contributed by atoms with Crippen molar-refractivity contribution in [2.45, 2.75) is 57.7 Å². The van der Waals surface area contributed by atoms with Gasteiger partial charge in [-0.25, -0.2) is 9.47 Å². The number of fused-ring (bicyclic) bond motifs is 1. The number of aromatic nitrogens is 2. The van der Waals surface area contributed by atoms with Crippen molar-refractivity contribution in [3.8, 4) is 0 Å². The Morgan fingerprint density at radius 3 is 2.58 bits per heavy atom. The van der Waals surface area contributed by atoms with Gasteiger partial charge in [-0.1, -0.05) is 67.7 Å². The average Bonchev–Trinajstić information content (AvgIpc) is 2.91. The van der Waals surface area contributed by atoms with Crippen molar-refractivity contribution in [2.24, 2.45) is 0 Å². The van der Waals surface area contributed by atoms with Crippen molar-refractivity contribution in [3.05, 3.63) is 53.3 Å². The summed E-state index contributed by atoms with van der Waals surface area (Å²) in [5.74, 6) is 0.827. The first-order valence-electron chi connectivity index (χ1n) is 9.25. The molecule has 0 spiro atoms. The van der Waals surface area contributed by atoms with Gasteiger partial charge in [0.25, 0.3) is 0 Å². The summed E-state index contributed by atoms with van der Waals surface area (Å²) in [4.78, 5) is 6.55. The molecule has 0 fully saturated rings. The molecule has 2 heterocycles. The van der Waals surface area contributed by atoms with Crippen LogP contribution in [0.2, 0.25) is 5.02 Å². The molecule has 3 rings (SSSR count). The van der Waals surface area contributed by atoms with Gasteiger partial charge in [0.1, 0.15) is 12.7 Å². The summed E-state index contributed by atoms with van der Waals surface area (Å²) >= 11 is 6.02. The van der Waals surface area contributed by atoms with Crippen LogP contribution in [0.3, 0.4) is 0 Å². The topological polar surface area (TPSA) is 40.2 Å². The monoisotopic (exact) mass is 439 g/mol. The lowest BCUT2D eigenvalue weighted by Crippen LogP contribution is -3.00. The average molecular weight is 441 g/mol. The third-order valence-electron chi connectivity index (χ3n) is 4.92. The zero-order chi connectivity index (χ0) is 17.7. The van der Waals surface area contributed by atoms with Crippen molar-refractivity contribution in [3.63, 3.8) is 0 Å². The van der Waals surface area contributed by atoms with E-state index in [2.05, 4.69) is 11.9 Å². The minimum absolute atomic E-state index is 0. The van der Waals surface area contributed by atoms with Crippen LogP contribution in [0, 0.1) is 0 Å². The second-order valence-corrected chi connectivity index (χ2v) is 7.23. The van der Waals surface area contributed by atoms with Crippen molar-refractivity contribution in [1.29, 1.82) is 0 Å². The van der Waals surface area contributed by atoms with Crippen molar-refractivity contribution in [2.75, 3.05) is 11.4 Å². The Morgan fingerprint density at radius 1 is 1.15 bits per heavy atom. The molecule has 4 nitrogen and oxygen atoms in total. The number of halogens is 2. The predicted molar refractivity (Wildman–Crippen MR) is 101 cm³/mol. The number of hydrogen-bond donors (Lipinski definition) is 1. The maximum Gasteiger partial charge on any atom is 0.396 e. The third-order valence-corrected chi connectivity index (χ3v) is 5.17. The van der Waals surface area contributed by atoms with Crippen molar-refractivity contribution >= 4 is 17.5 Å². The molecule has 0 saturated carbocycles. The minimum atomic E-state index is -1.07. The van der Waals surface area contributed by atoms with Gasteiger partial charge in [0.2, 0.25) is 5.72 Å². The zero-order valence-corrected chi connectivity index (χ0v) is 17.6. The second-order valence-electron chi connectivity index (χ2n) is 6.79. The summed E-state index contributed by atoms with van der Waals surface area (Å²) in [6.07, 6.45) is 11.1. The highest BCUT2D eigenvalue weighted by molar-refractivity contribution is 6.30. The largest absolute Gasteiger partial charge is 1.00 e. The van der Waals surface area contributed by atoms with E-state index in [9.17, 15) is 5.11 Å². The third kappa shape index (κ3) is 4.56. The van der Waals surface area contributed by atoms with Crippen LogP contribution in [0.15, 0.2) is 42.7 Å². The quantitative estimate of drug-likeness (QED) is 0.493. The Morgan fingerprint density at radius 2 is 1.85 bits per heavy atom. The van der Waals surface area contributed by atoms with Gasteiger partial charge in [-0.15, -0.1) is 0 Å². The highest BCUT2D eigenvalue weighted by atomic mass is 79.9. The summed E-state index contributed by atoms with van der Waals surface area (Å²) < 4.78 is 2.02. The number of benzene rings is 1. The Labute approximate surface area is 171 Å². The Kier molecular flexibility index (Phi) is 7.86. The fraction of sp³-hybridized carbons (Fsp3) is 0.500. The highest BCUT2D eigenvalue weighted by Crippen LogP contribution is 2.34. The number of aliphatic hydroxyl groups is 1. The smallest absolute Gasteiger partial charge is 0.396 e. The first-order chi connectivity index (χ1) is 12.1. The number of nitrogens with zero attached hydrogens (tertiary/aromatic N) is 3. The first-order valence-corrected chi connectivity index (χ1v) is 9.63. The van der Waals surface area contributed by atoms with Gasteiger partial charge in [-0.2, -0.15) is 0 Å². The zero-order valence-electron chi connectivity index (χ0n) is 15.2. The van der Waals surface area contributed by atoms with Gasteiger partial charge < -0.3 is 22.1 Å². The molecule has 1 N–H and O–H groups in total. The van der Waals surface area contributed by atoms with Crippen molar-refractivity contribution in [1.82, 2.24) is 4.98 Å². The molecule has 0 amide bonds. The number of anilines is 1. The number of hydrogen-bond acceptors (Lipinski definition) is 3. The number of rotatable bonds is 8. The molecule has 0 saturated heterocycles. The van der Waals surface area contributed by atoms with E-state index in [1.165, 1.54) is 32.1 Å². The lowest BCUT2D eigenvalue weighted by Gasteiger charge is -2.28. The first kappa shape index (κ1) is 21.1. The van der Waals surface area contributed by atoms with Gasteiger partial charge in [0.05, 0.1) is 12.7 Å². The van der Waals surface area contributed by atoms with Gasteiger partial charge in [-0.05, 0) is 18.6 Å². The molecule has 1 atom stereocenters. The summed E-state index contributed by atoms with van der Waals surface area (Å²) in [7, 11) is 0. The van der Waals surface area contributed by atoms with Crippen LogP contribution in [0.1, 0.15) is 51.0 Å². The van der Waals surface area contributed by atoms with E-state index in [1.807, 2.05) is 46.0 Å². The molecule has 1 aromatic heterocycles. The maximum atomic E-state index is 11.5. The van der Waals surface area contributed by atoms with Crippen LogP contribution < -0.4 is 26.4 Å². The summed E-state index contributed by atoms with van der Waals surface area (Å²) in [5, 5.41) is 12.2. The fourth-order valence-electron chi connectivity index (χ4n) is 3.53. The molecular formula is C20H27BrClN3O. The molecule has 142 valence electrons. The van der Waals surface area contributed by atoms with E-state index < -0.39 is 5.72 Å². The van der Waals surface area contributed by atoms with E-state index >= 15 is 0 Å². The molecule has 0 aliphatic carbocycles. The molecular weight excluding hydrogens is 414 g/mol. The summed E-state index contributed by atoms with van der Waals surface area (Å²) in [6.45, 7) is 3.51. The van der Waals surface area contributed by atoms with Gasteiger partial charge in [-0.3, -0.25) is 0 Å². The summed E-state index contributed by atoms with van der Waals surface area (Å²) in [5.41, 5.74) is -0.219. The predicted octanol–water partition coefficient (Wildman–Crippen LogP) is 1.05. The fourth-order valence-corrected chi connectivity index (χ4v) is 3.65. The lowest BCUT2D eigenvalue weighted by molar-refractivity contribution is -0.685. The van der Waals surface area contributed by atoms with Gasteiger partial charge in [0.15, 0.2) is 0 Å². The van der Waals surface area contributed by atoms with E-state index in [4.69, 9.17) is 11.6 Å². The van der Waals surface area contributed by atoms with Gasteiger partial charge >= 0.3 is 5.95 Å². The molecule has 2 aromatic rings. The Balaban J connectivity index is 0.00000243. The molecule has 0 bridgehead atoms. The second kappa shape index (κ2) is 9.67. The van der Waals surface area contributed by atoms with Crippen LogP contribution in [0.5, 0.6) is 0 Å².